The Morgan fingerprint density at radius 1 is 1.15 bits per heavy atom. The van der Waals surface area contributed by atoms with Gasteiger partial charge >= 0.3 is 5.97 Å². The van der Waals surface area contributed by atoms with Crippen molar-refractivity contribution in [3.05, 3.63) is 65.2 Å². The van der Waals surface area contributed by atoms with Gasteiger partial charge in [0.25, 0.3) is 5.91 Å². The van der Waals surface area contributed by atoms with Gasteiger partial charge in [0.05, 0.1) is 19.2 Å². The lowest BCUT2D eigenvalue weighted by atomic mass is 9.87. The van der Waals surface area contributed by atoms with Gasteiger partial charge in [-0.05, 0) is 49.6 Å². The SMILES string of the molecule is CCOC(=O)c1ccc(NC(=O)C[NH+](C)[C@H]2CCCc3ccccc32)cc1. The summed E-state index contributed by atoms with van der Waals surface area (Å²) in [6.45, 7) is 2.52. The molecule has 0 saturated carbocycles. The minimum absolute atomic E-state index is 0.0283. The molecule has 27 heavy (non-hydrogen) atoms. The standard InChI is InChI=1S/C22H26N2O3/c1-3-27-22(26)17-11-13-18(14-12-17)23-21(25)15-24(2)20-10-6-8-16-7-4-5-9-19(16)20/h4-5,7,9,11-14,20H,3,6,8,10,15H2,1-2H3,(H,23,25)/p+1/t20-/m0/s1. The van der Waals surface area contributed by atoms with Crippen LogP contribution in [0.25, 0.3) is 0 Å². The van der Waals surface area contributed by atoms with E-state index in [0.29, 0.717) is 30.4 Å². The number of ether oxygens (including phenoxy) is 1. The predicted molar refractivity (Wildman–Crippen MR) is 105 cm³/mol. The quantitative estimate of drug-likeness (QED) is 0.771. The summed E-state index contributed by atoms with van der Waals surface area (Å²) in [7, 11) is 2.08. The molecule has 5 nitrogen and oxygen atoms in total. The first-order valence-electron chi connectivity index (χ1n) is 9.55. The molecule has 0 saturated heterocycles. The van der Waals surface area contributed by atoms with E-state index in [-0.39, 0.29) is 11.9 Å². The zero-order chi connectivity index (χ0) is 19.2. The number of hydrogen-bond acceptors (Lipinski definition) is 3. The van der Waals surface area contributed by atoms with Crippen LogP contribution in [0.15, 0.2) is 48.5 Å². The number of aryl methyl sites for hydroxylation is 1. The summed E-state index contributed by atoms with van der Waals surface area (Å²) < 4.78 is 4.97. The van der Waals surface area contributed by atoms with Crippen LogP contribution in [0.4, 0.5) is 5.69 Å². The summed E-state index contributed by atoms with van der Waals surface area (Å²) in [6, 6.07) is 15.7. The number of hydrogen-bond donors (Lipinski definition) is 2. The third kappa shape index (κ3) is 4.74. The van der Waals surface area contributed by atoms with Crippen molar-refractivity contribution >= 4 is 17.6 Å². The van der Waals surface area contributed by atoms with E-state index < -0.39 is 0 Å². The number of carbonyl (C=O) groups is 2. The Hall–Kier alpha value is -2.66. The van der Waals surface area contributed by atoms with Gasteiger partial charge in [-0.15, -0.1) is 0 Å². The number of anilines is 1. The van der Waals surface area contributed by atoms with Crippen LogP contribution < -0.4 is 10.2 Å². The van der Waals surface area contributed by atoms with Crippen molar-refractivity contribution in [1.29, 1.82) is 0 Å². The molecule has 0 spiro atoms. The van der Waals surface area contributed by atoms with Gasteiger partial charge in [0.1, 0.15) is 6.04 Å². The highest BCUT2D eigenvalue weighted by atomic mass is 16.5. The molecule has 0 bridgehead atoms. The zero-order valence-electron chi connectivity index (χ0n) is 16.0. The van der Waals surface area contributed by atoms with Crippen LogP contribution in [0.2, 0.25) is 0 Å². The van der Waals surface area contributed by atoms with Crippen LogP contribution in [0.5, 0.6) is 0 Å². The van der Waals surface area contributed by atoms with E-state index in [2.05, 4.69) is 36.6 Å². The molecule has 1 unspecified atom stereocenters. The molecule has 3 rings (SSSR count). The van der Waals surface area contributed by atoms with E-state index in [1.54, 1.807) is 31.2 Å². The number of benzene rings is 2. The van der Waals surface area contributed by atoms with Gasteiger partial charge in [0.15, 0.2) is 6.54 Å². The Morgan fingerprint density at radius 3 is 2.63 bits per heavy atom. The largest absolute Gasteiger partial charge is 0.462 e. The summed E-state index contributed by atoms with van der Waals surface area (Å²) in [5, 5.41) is 2.92. The van der Waals surface area contributed by atoms with E-state index in [9.17, 15) is 9.59 Å². The number of quaternary nitrogens is 1. The highest BCUT2D eigenvalue weighted by Crippen LogP contribution is 2.27. The molecule has 2 N–H and O–H groups in total. The number of likely N-dealkylation sites (N-methyl/N-ethyl adjacent to an activating group) is 1. The van der Waals surface area contributed by atoms with Crippen molar-refractivity contribution < 1.29 is 19.2 Å². The van der Waals surface area contributed by atoms with Gasteiger partial charge < -0.3 is 15.0 Å². The molecule has 0 aliphatic heterocycles. The summed E-state index contributed by atoms with van der Waals surface area (Å²) in [6.07, 6.45) is 3.39. The van der Waals surface area contributed by atoms with Crippen LogP contribution >= 0.6 is 0 Å². The van der Waals surface area contributed by atoms with Crippen molar-refractivity contribution in [3.63, 3.8) is 0 Å². The van der Waals surface area contributed by atoms with Gasteiger partial charge in [0, 0.05) is 17.7 Å². The molecule has 1 aliphatic carbocycles. The van der Waals surface area contributed by atoms with E-state index in [4.69, 9.17) is 4.74 Å². The number of rotatable bonds is 6. The topological polar surface area (TPSA) is 59.8 Å². The molecule has 5 heteroatoms. The van der Waals surface area contributed by atoms with Crippen molar-refractivity contribution in [2.24, 2.45) is 0 Å². The van der Waals surface area contributed by atoms with Crippen molar-refractivity contribution in [2.75, 3.05) is 25.5 Å². The second-order valence-corrected chi connectivity index (χ2v) is 7.01. The molecule has 1 aliphatic rings. The molecule has 0 aromatic heterocycles. The Morgan fingerprint density at radius 2 is 1.89 bits per heavy atom. The lowest BCUT2D eigenvalue weighted by Crippen LogP contribution is -3.10. The molecule has 0 radical (unpaired) electrons. The van der Waals surface area contributed by atoms with Gasteiger partial charge in [-0.1, -0.05) is 24.3 Å². The highest BCUT2D eigenvalue weighted by molar-refractivity contribution is 5.93. The summed E-state index contributed by atoms with van der Waals surface area (Å²) in [5.74, 6) is -0.380. The Kier molecular flexibility index (Phi) is 6.24. The summed E-state index contributed by atoms with van der Waals surface area (Å²) in [4.78, 5) is 25.4. The molecule has 1 amide bonds. The fraction of sp³-hybridized carbons (Fsp3) is 0.364. The second-order valence-electron chi connectivity index (χ2n) is 7.01. The van der Waals surface area contributed by atoms with Crippen LogP contribution in [0.3, 0.4) is 0 Å². The van der Waals surface area contributed by atoms with Gasteiger partial charge in [0.2, 0.25) is 0 Å². The number of amides is 1. The second kappa shape index (κ2) is 8.82. The third-order valence-corrected chi connectivity index (χ3v) is 5.08. The van der Waals surface area contributed by atoms with Crippen LogP contribution in [-0.4, -0.2) is 32.1 Å². The fourth-order valence-electron chi connectivity index (χ4n) is 3.75. The molecular formula is C22H27N2O3+. The molecule has 142 valence electrons. The van der Waals surface area contributed by atoms with E-state index in [1.165, 1.54) is 16.0 Å². The third-order valence-electron chi connectivity index (χ3n) is 5.08. The minimum atomic E-state index is -0.351. The Balaban J connectivity index is 1.59. The molecule has 2 atom stereocenters. The summed E-state index contributed by atoms with van der Waals surface area (Å²) in [5.41, 5.74) is 3.94. The Labute approximate surface area is 160 Å². The number of nitrogens with one attached hydrogen (secondary N) is 2. The van der Waals surface area contributed by atoms with Crippen LogP contribution in [-0.2, 0) is 16.0 Å². The lowest BCUT2D eigenvalue weighted by molar-refractivity contribution is -0.905. The maximum Gasteiger partial charge on any atom is 0.338 e. The molecule has 0 heterocycles. The highest BCUT2D eigenvalue weighted by Gasteiger charge is 2.27. The van der Waals surface area contributed by atoms with Crippen LogP contribution in [0, 0.1) is 0 Å². The number of carbonyl (C=O) groups excluding carboxylic acids is 2. The minimum Gasteiger partial charge on any atom is -0.462 e. The van der Waals surface area contributed by atoms with E-state index in [1.807, 2.05) is 0 Å². The van der Waals surface area contributed by atoms with Gasteiger partial charge in [-0.25, -0.2) is 4.79 Å². The van der Waals surface area contributed by atoms with Crippen molar-refractivity contribution in [1.82, 2.24) is 0 Å². The monoisotopic (exact) mass is 367 g/mol. The lowest BCUT2D eigenvalue weighted by Gasteiger charge is -2.30. The molecule has 2 aromatic carbocycles. The maximum absolute atomic E-state index is 12.5. The van der Waals surface area contributed by atoms with E-state index >= 15 is 0 Å². The van der Waals surface area contributed by atoms with Crippen molar-refractivity contribution in [2.45, 2.75) is 32.2 Å². The van der Waals surface area contributed by atoms with Gasteiger partial charge in [-0.2, -0.15) is 0 Å². The molecule has 0 fully saturated rings. The van der Waals surface area contributed by atoms with Crippen LogP contribution in [0.1, 0.15) is 47.3 Å². The fourth-order valence-corrected chi connectivity index (χ4v) is 3.75. The first-order chi connectivity index (χ1) is 13.1. The smallest absolute Gasteiger partial charge is 0.338 e. The number of esters is 1. The van der Waals surface area contributed by atoms with Gasteiger partial charge in [-0.3, -0.25) is 4.79 Å². The zero-order valence-corrected chi connectivity index (χ0v) is 16.0. The number of fused-ring (bicyclic) bond motifs is 1. The normalized spacial score (nSPS) is 16.9. The average molecular weight is 367 g/mol. The maximum atomic E-state index is 12.5. The predicted octanol–water partition coefficient (Wildman–Crippen LogP) is 2.39. The Bertz CT molecular complexity index is 801. The first-order valence-corrected chi connectivity index (χ1v) is 9.55. The van der Waals surface area contributed by atoms with Crippen molar-refractivity contribution in [3.8, 4) is 0 Å². The first kappa shape index (κ1) is 19.1. The summed E-state index contributed by atoms with van der Waals surface area (Å²) >= 11 is 0. The molecule has 2 aromatic rings. The average Bonchev–Trinajstić information content (AvgIpc) is 2.68. The van der Waals surface area contributed by atoms with E-state index in [0.717, 1.165) is 19.3 Å². The molecular weight excluding hydrogens is 340 g/mol.